The van der Waals surface area contributed by atoms with Gasteiger partial charge in [-0.2, -0.15) is 0 Å². The number of rotatable bonds is 2. The van der Waals surface area contributed by atoms with Crippen molar-refractivity contribution in [1.82, 2.24) is 9.13 Å². The smallest absolute Gasteiger partial charge is 0.0541 e. The fourth-order valence-corrected chi connectivity index (χ4v) is 5.67. The number of aryl methyl sites for hydroxylation is 1. The largest absolute Gasteiger partial charge is 0.313 e. The Morgan fingerprint density at radius 3 is 1.82 bits per heavy atom. The van der Waals surface area contributed by atoms with E-state index in [0.717, 1.165) is 12.8 Å². The lowest BCUT2D eigenvalue weighted by Gasteiger charge is -2.16. The van der Waals surface area contributed by atoms with Gasteiger partial charge < -0.3 is 9.13 Å². The first-order valence-corrected chi connectivity index (χ1v) is 11.7. The van der Waals surface area contributed by atoms with Crippen LogP contribution in [0.3, 0.4) is 0 Å². The molecule has 0 fully saturated rings. The molecule has 33 heavy (non-hydrogen) atoms. The van der Waals surface area contributed by atoms with E-state index >= 15 is 0 Å². The second-order valence-corrected chi connectivity index (χ2v) is 9.05. The Labute approximate surface area is 193 Å². The molecule has 1 aliphatic rings. The van der Waals surface area contributed by atoms with E-state index in [2.05, 4.69) is 119 Å². The zero-order chi connectivity index (χ0) is 21.9. The highest BCUT2D eigenvalue weighted by Gasteiger charge is 2.19. The maximum Gasteiger partial charge on any atom is 0.0541 e. The highest BCUT2D eigenvalue weighted by Crippen LogP contribution is 2.36. The van der Waals surface area contributed by atoms with Gasteiger partial charge in [0.15, 0.2) is 0 Å². The lowest BCUT2D eigenvalue weighted by atomic mass is 10.0. The molecule has 2 heteroatoms. The van der Waals surface area contributed by atoms with Gasteiger partial charge in [0.25, 0.3) is 0 Å². The molecule has 2 heterocycles. The van der Waals surface area contributed by atoms with Crippen molar-refractivity contribution in [3.63, 3.8) is 0 Å². The van der Waals surface area contributed by atoms with E-state index in [1.54, 1.807) is 0 Å². The van der Waals surface area contributed by atoms with Gasteiger partial charge in [-0.3, -0.25) is 0 Å². The standard InChI is InChI=1S/C31H24N2/c1-21-18-22(32-28-14-6-2-10-24(28)25-11-3-7-15-29(25)32)20-23(19-21)33-30-16-8-4-12-26(30)27-13-5-9-17-31(27)33/h2-8,10-16,18-20H,9,17H2,1H3. The van der Waals surface area contributed by atoms with E-state index in [0.29, 0.717) is 0 Å². The summed E-state index contributed by atoms with van der Waals surface area (Å²) in [5.41, 5.74) is 10.3. The molecule has 6 aromatic rings. The first-order valence-electron chi connectivity index (χ1n) is 11.7. The molecule has 0 N–H and O–H groups in total. The average molecular weight is 425 g/mol. The van der Waals surface area contributed by atoms with Gasteiger partial charge in [0.2, 0.25) is 0 Å². The Balaban J connectivity index is 1.55. The van der Waals surface area contributed by atoms with Crippen molar-refractivity contribution >= 4 is 38.8 Å². The molecule has 0 unspecified atom stereocenters. The van der Waals surface area contributed by atoms with Gasteiger partial charge in [-0.15, -0.1) is 0 Å². The van der Waals surface area contributed by atoms with Gasteiger partial charge in [-0.25, -0.2) is 0 Å². The molecule has 0 atom stereocenters. The molecule has 4 aromatic carbocycles. The summed E-state index contributed by atoms with van der Waals surface area (Å²) in [6.07, 6.45) is 6.77. The van der Waals surface area contributed by atoms with Crippen LogP contribution in [0, 0.1) is 6.92 Å². The maximum absolute atomic E-state index is 2.48. The Morgan fingerprint density at radius 1 is 0.606 bits per heavy atom. The third kappa shape index (κ3) is 2.67. The SMILES string of the molecule is Cc1cc(-n2c3c(c4ccccc42)C=CCC3)cc(-n2c3ccccc3c3ccccc32)c1. The van der Waals surface area contributed by atoms with Crippen LogP contribution in [-0.2, 0) is 6.42 Å². The Bertz CT molecular complexity index is 1670. The van der Waals surface area contributed by atoms with E-state index in [9.17, 15) is 0 Å². The second-order valence-electron chi connectivity index (χ2n) is 9.05. The fourth-order valence-electron chi connectivity index (χ4n) is 5.67. The molecule has 0 amide bonds. The molecule has 0 radical (unpaired) electrons. The van der Waals surface area contributed by atoms with Crippen LogP contribution >= 0.6 is 0 Å². The number of hydrogen-bond donors (Lipinski definition) is 0. The minimum absolute atomic E-state index is 1.07. The van der Waals surface area contributed by atoms with E-state index in [1.807, 2.05) is 0 Å². The quantitative estimate of drug-likeness (QED) is 0.266. The molecule has 0 saturated carbocycles. The Hall–Kier alpha value is -4.04. The van der Waals surface area contributed by atoms with Crippen LogP contribution in [0.2, 0.25) is 0 Å². The van der Waals surface area contributed by atoms with Crippen LogP contribution in [0.15, 0.2) is 97.1 Å². The topological polar surface area (TPSA) is 9.86 Å². The lowest BCUT2D eigenvalue weighted by Crippen LogP contribution is -2.05. The third-order valence-electron chi connectivity index (χ3n) is 6.99. The first kappa shape index (κ1) is 18.5. The van der Waals surface area contributed by atoms with Crippen LogP contribution in [-0.4, -0.2) is 9.13 Å². The number of benzene rings is 4. The molecule has 1 aliphatic carbocycles. The lowest BCUT2D eigenvalue weighted by molar-refractivity contribution is 0.887. The highest BCUT2D eigenvalue weighted by molar-refractivity contribution is 6.09. The summed E-state index contributed by atoms with van der Waals surface area (Å²) in [7, 11) is 0. The number of para-hydroxylation sites is 3. The monoisotopic (exact) mass is 424 g/mol. The summed E-state index contributed by atoms with van der Waals surface area (Å²) in [4.78, 5) is 0. The molecule has 0 bridgehead atoms. The summed E-state index contributed by atoms with van der Waals surface area (Å²) in [6.45, 7) is 2.21. The third-order valence-corrected chi connectivity index (χ3v) is 6.99. The van der Waals surface area contributed by atoms with Crippen LogP contribution in [0.4, 0.5) is 0 Å². The summed E-state index contributed by atoms with van der Waals surface area (Å²) in [5.74, 6) is 0. The summed E-state index contributed by atoms with van der Waals surface area (Å²) in [6, 6.07) is 33.2. The highest BCUT2D eigenvalue weighted by atomic mass is 15.0. The van der Waals surface area contributed by atoms with Gasteiger partial charge in [0, 0.05) is 38.8 Å². The van der Waals surface area contributed by atoms with Crippen LogP contribution in [0.25, 0.3) is 50.2 Å². The van der Waals surface area contributed by atoms with Crippen molar-refractivity contribution in [3.8, 4) is 11.4 Å². The molecule has 158 valence electrons. The number of nitrogens with zero attached hydrogens (tertiary/aromatic N) is 2. The second kappa shape index (κ2) is 6.98. The van der Waals surface area contributed by atoms with Crippen LogP contribution in [0.1, 0.15) is 23.2 Å². The summed E-state index contributed by atoms with van der Waals surface area (Å²) >= 11 is 0. The molecular weight excluding hydrogens is 400 g/mol. The zero-order valence-electron chi connectivity index (χ0n) is 18.6. The van der Waals surface area contributed by atoms with Crippen molar-refractivity contribution in [2.24, 2.45) is 0 Å². The van der Waals surface area contributed by atoms with Crippen molar-refractivity contribution in [1.29, 1.82) is 0 Å². The normalized spacial score (nSPS) is 13.2. The van der Waals surface area contributed by atoms with E-state index in [4.69, 9.17) is 0 Å². The van der Waals surface area contributed by atoms with Crippen molar-refractivity contribution in [2.75, 3.05) is 0 Å². The summed E-state index contributed by atoms with van der Waals surface area (Å²) in [5, 5.41) is 3.93. The first-order chi connectivity index (χ1) is 16.3. The molecule has 2 nitrogen and oxygen atoms in total. The van der Waals surface area contributed by atoms with E-state index < -0.39 is 0 Å². The number of hydrogen-bond acceptors (Lipinski definition) is 0. The van der Waals surface area contributed by atoms with Crippen LogP contribution < -0.4 is 0 Å². The zero-order valence-corrected chi connectivity index (χ0v) is 18.6. The maximum atomic E-state index is 2.48. The van der Waals surface area contributed by atoms with Gasteiger partial charge in [-0.1, -0.05) is 66.7 Å². The van der Waals surface area contributed by atoms with Gasteiger partial charge in [0.05, 0.1) is 16.6 Å². The Kier molecular flexibility index (Phi) is 3.92. The van der Waals surface area contributed by atoms with E-state index in [1.165, 1.54) is 60.9 Å². The number of aromatic nitrogens is 2. The Morgan fingerprint density at radius 2 is 1.15 bits per heavy atom. The van der Waals surface area contributed by atoms with Gasteiger partial charge in [-0.05, 0) is 61.7 Å². The molecule has 0 aliphatic heterocycles. The average Bonchev–Trinajstić information content (AvgIpc) is 3.37. The van der Waals surface area contributed by atoms with Crippen LogP contribution in [0.5, 0.6) is 0 Å². The van der Waals surface area contributed by atoms with Gasteiger partial charge in [0.1, 0.15) is 0 Å². The minimum atomic E-state index is 1.07. The minimum Gasteiger partial charge on any atom is -0.313 e. The molecule has 7 rings (SSSR count). The molecule has 0 spiro atoms. The number of allylic oxidation sites excluding steroid dienone is 1. The van der Waals surface area contributed by atoms with Crippen molar-refractivity contribution < 1.29 is 0 Å². The van der Waals surface area contributed by atoms with Gasteiger partial charge >= 0.3 is 0 Å². The van der Waals surface area contributed by atoms with E-state index in [-0.39, 0.29) is 0 Å². The fraction of sp³-hybridized carbons (Fsp3) is 0.0968. The van der Waals surface area contributed by atoms with Crippen molar-refractivity contribution in [2.45, 2.75) is 19.8 Å². The predicted octanol–water partition coefficient (Wildman–Crippen LogP) is 8.00. The molecule has 0 saturated heterocycles. The number of fused-ring (bicyclic) bond motifs is 6. The predicted molar refractivity (Wildman–Crippen MR) is 140 cm³/mol. The summed E-state index contributed by atoms with van der Waals surface area (Å²) < 4.78 is 4.90. The van der Waals surface area contributed by atoms with Crippen molar-refractivity contribution in [3.05, 3.63) is 114 Å². The molecular formula is C31H24N2. The molecule has 2 aromatic heterocycles.